The van der Waals surface area contributed by atoms with Gasteiger partial charge in [-0.15, -0.1) is 0 Å². The molecule has 8 heteroatoms. The zero-order valence-corrected chi connectivity index (χ0v) is 13.3. The van der Waals surface area contributed by atoms with Gasteiger partial charge < -0.3 is 11.1 Å². The van der Waals surface area contributed by atoms with Crippen LogP contribution in [0, 0.1) is 0 Å². The third-order valence-corrected chi connectivity index (χ3v) is 4.07. The second kappa shape index (κ2) is 5.94. The van der Waals surface area contributed by atoms with E-state index >= 15 is 0 Å². The molecule has 0 saturated carbocycles. The topological polar surface area (TPSA) is 38.0 Å². The van der Waals surface area contributed by atoms with Gasteiger partial charge in [-0.05, 0) is 46.3 Å². The molecule has 0 heterocycles. The number of alkyl halides is 3. The monoisotopic (exact) mass is 398 g/mol. The lowest BCUT2D eigenvalue weighted by Gasteiger charge is -2.14. The van der Waals surface area contributed by atoms with Crippen LogP contribution in [0.3, 0.4) is 0 Å². The minimum atomic E-state index is -4.43. The first-order valence-corrected chi connectivity index (χ1v) is 7.11. The van der Waals surface area contributed by atoms with Crippen molar-refractivity contribution in [3.8, 4) is 0 Å². The Bertz CT molecular complexity index is 690. The summed E-state index contributed by atoms with van der Waals surface area (Å²) in [5, 5.41) is 3.32. The van der Waals surface area contributed by atoms with Crippen LogP contribution in [0.15, 0.2) is 34.8 Å². The van der Waals surface area contributed by atoms with Crippen molar-refractivity contribution in [2.75, 3.05) is 11.1 Å². The maximum atomic E-state index is 12.7. The predicted molar refractivity (Wildman–Crippen MR) is 83.3 cm³/mol. The van der Waals surface area contributed by atoms with Crippen LogP contribution in [0.5, 0.6) is 0 Å². The zero-order chi connectivity index (χ0) is 15.8. The van der Waals surface area contributed by atoms with E-state index in [0.717, 1.165) is 12.1 Å². The average molecular weight is 400 g/mol. The Kier molecular flexibility index (Phi) is 4.60. The highest BCUT2D eigenvalue weighted by atomic mass is 79.9. The lowest BCUT2D eigenvalue weighted by atomic mass is 10.2. The van der Waals surface area contributed by atoms with E-state index in [1.54, 1.807) is 0 Å². The molecule has 112 valence electrons. The molecule has 0 bridgehead atoms. The third kappa shape index (κ3) is 3.75. The van der Waals surface area contributed by atoms with Gasteiger partial charge >= 0.3 is 6.18 Å². The van der Waals surface area contributed by atoms with Crippen molar-refractivity contribution in [3.63, 3.8) is 0 Å². The summed E-state index contributed by atoms with van der Waals surface area (Å²) >= 11 is 14.9. The second-order valence-corrected chi connectivity index (χ2v) is 5.84. The van der Waals surface area contributed by atoms with Crippen LogP contribution in [0.25, 0.3) is 0 Å². The zero-order valence-electron chi connectivity index (χ0n) is 10.2. The largest absolute Gasteiger partial charge is 0.416 e. The van der Waals surface area contributed by atoms with E-state index in [0.29, 0.717) is 10.2 Å². The third-order valence-electron chi connectivity index (χ3n) is 2.66. The van der Waals surface area contributed by atoms with Gasteiger partial charge in [0.25, 0.3) is 0 Å². The Morgan fingerprint density at radius 1 is 1.00 bits per heavy atom. The standard InChI is InChI=1S/C13H8BrCl2F3N2/c14-7-2-1-6(13(17,18)19)3-11(7)21-12-5-9(16)8(15)4-10(12)20/h1-5,21H,20H2. The van der Waals surface area contributed by atoms with Crippen molar-refractivity contribution in [1.29, 1.82) is 0 Å². The van der Waals surface area contributed by atoms with Crippen molar-refractivity contribution in [2.24, 2.45) is 0 Å². The number of benzene rings is 2. The normalized spacial score (nSPS) is 11.5. The van der Waals surface area contributed by atoms with Crippen LogP contribution in [0.1, 0.15) is 5.56 Å². The Labute approximate surface area is 137 Å². The highest BCUT2D eigenvalue weighted by Crippen LogP contribution is 2.37. The number of rotatable bonds is 2. The quantitative estimate of drug-likeness (QED) is 0.598. The molecule has 0 unspecified atom stereocenters. The molecule has 2 rings (SSSR count). The maximum Gasteiger partial charge on any atom is 0.416 e. The lowest BCUT2D eigenvalue weighted by Crippen LogP contribution is -2.06. The fraction of sp³-hybridized carbons (Fsp3) is 0.0769. The van der Waals surface area contributed by atoms with Gasteiger partial charge in [-0.25, -0.2) is 0 Å². The molecule has 0 fully saturated rings. The van der Waals surface area contributed by atoms with Crippen LogP contribution in [0.2, 0.25) is 10.0 Å². The Morgan fingerprint density at radius 2 is 1.62 bits per heavy atom. The summed E-state index contributed by atoms with van der Waals surface area (Å²) in [6.07, 6.45) is -4.43. The highest BCUT2D eigenvalue weighted by molar-refractivity contribution is 9.10. The number of nitrogens with two attached hydrogens (primary N) is 1. The van der Waals surface area contributed by atoms with Gasteiger partial charge in [0.05, 0.1) is 32.7 Å². The summed E-state index contributed by atoms with van der Waals surface area (Å²) in [5.41, 5.74) is 5.85. The Hall–Kier alpha value is -1.11. The molecule has 0 saturated heterocycles. The molecule has 3 N–H and O–H groups in total. The van der Waals surface area contributed by atoms with Gasteiger partial charge in [-0.2, -0.15) is 13.2 Å². The number of hydrogen-bond acceptors (Lipinski definition) is 2. The lowest BCUT2D eigenvalue weighted by molar-refractivity contribution is -0.137. The van der Waals surface area contributed by atoms with Crippen molar-refractivity contribution >= 4 is 56.2 Å². The fourth-order valence-corrected chi connectivity index (χ4v) is 2.29. The van der Waals surface area contributed by atoms with E-state index in [1.807, 2.05) is 0 Å². The van der Waals surface area contributed by atoms with Gasteiger partial charge in [0, 0.05) is 4.47 Å². The molecule has 0 spiro atoms. The van der Waals surface area contributed by atoms with E-state index < -0.39 is 11.7 Å². The van der Waals surface area contributed by atoms with E-state index in [1.165, 1.54) is 18.2 Å². The molecule has 0 aliphatic rings. The van der Waals surface area contributed by atoms with Crippen LogP contribution in [-0.2, 0) is 6.18 Å². The molecular weight excluding hydrogens is 392 g/mol. The van der Waals surface area contributed by atoms with E-state index in [4.69, 9.17) is 28.9 Å². The molecule has 0 aromatic heterocycles. The molecule has 2 aromatic carbocycles. The van der Waals surface area contributed by atoms with Crippen molar-refractivity contribution in [2.45, 2.75) is 6.18 Å². The van der Waals surface area contributed by atoms with Crippen LogP contribution in [-0.4, -0.2) is 0 Å². The summed E-state index contributed by atoms with van der Waals surface area (Å²) in [7, 11) is 0. The first-order chi connectivity index (χ1) is 9.68. The van der Waals surface area contributed by atoms with Gasteiger partial charge in [0.15, 0.2) is 0 Å². The van der Waals surface area contributed by atoms with Gasteiger partial charge in [-0.3, -0.25) is 0 Å². The molecule has 0 atom stereocenters. The molecular formula is C13H8BrCl2F3N2. The first kappa shape index (κ1) is 16.3. The van der Waals surface area contributed by atoms with E-state index in [2.05, 4.69) is 21.2 Å². The minimum Gasteiger partial charge on any atom is -0.397 e. The summed E-state index contributed by atoms with van der Waals surface area (Å²) in [6, 6.07) is 6.14. The molecule has 2 nitrogen and oxygen atoms in total. The molecule has 2 aromatic rings. The van der Waals surface area contributed by atoms with E-state index in [-0.39, 0.29) is 21.4 Å². The van der Waals surface area contributed by atoms with Crippen LogP contribution in [0.4, 0.5) is 30.2 Å². The number of halogens is 6. The summed E-state index contributed by atoms with van der Waals surface area (Å²) in [6.45, 7) is 0. The number of anilines is 3. The van der Waals surface area contributed by atoms with Crippen molar-refractivity contribution in [1.82, 2.24) is 0 Å². The minimum absolute atomic E-state index is 0.218. The van der Waals surface area contributed by atoms with Gasteiger partial charge in [-0.1, -0.05) is 23.2 Å². The Morgan fingerprint density at radius 3 is 2.24 bits per heavy atom. The van der Waals surface area contributed by atoms with Crippen molar-refractivity contribution in [3.05, 3.63) is 50.4 Å². The summed E-state index contributed by atoms with van der Waals surface area (Å²) in [5.74, 6) is 0. The fourth-order valence-electron chi connectivity index (χ4n) is 1.61. The van der Waals surface area contributed by atoms with Crippen LogP contribution < -0.4 is 11.1 Å². The van der Waals surface area contributed by atoms with Gasteiger partial charge in [0.2, 0.25) is 0 Å². The highest BCUT2D eigenvalue weighted by Gasteiger charge is 2.31. The molecule has 0 aliphatic heterocycles. The van der Waals surface area contributed by atoms with Crippen LogP contribution >= 0.6 is 39.1 Å². The molecule has 0 radical (unpaired) electrons. The van der Waals surface area contributed by atoms with Crippen molar-refractivity contribution < 1.29 is 13.2 Å². The van der Waals surface area contributed by atoms with E-state index in [9.17, 15) is 13.2 Å². The number of hydrogen-bond donors (Lipinski definition) is 2. The molecule has 21 heavy (non-hydrogen) atoms. The van der Waals surface area contributed by atoms with Gasteiger partial charge in [0.1, 0.15) is 0 Å². The average Bonchev–Trinajstić information content (AvgIpc) is 2.37. The second-order valence-electron chi connectivity index (χ2n) is 4.17. The maximum absolute atomic E-state index is 12.7. The molecule has 0 amide bonds. The smallest absolute Gasteiger partial charge is 0.397 e. The number of nitrogen functional groups attached to an aromatic ring is 1. The summed E-state index contributed by atoms with van der Waals surface area (Å²) in [4.78, 5) is 0. The SMILES string of the molecule is Nc1cc(Cl)c(Cl)cc1Nc1cc(C(F)(F)F)ccc1Br. The predicted octanol–water partition coefficient (Wildman–Crippen LogP) is 6.10. The Balaban J connectivity index is 2.42. The summed E-state index contributed by atoms with van der Waals surface area (Å²) < 4.78 is 38.6. The molecule has 0 aliphatic carbocycles. The first-order valence-electron chi connectivity index (χ1n) is 5.57. The number of nitrogens with one attached hydrogen (secondary N) is 1.